The Labute approximate surface area is 270 Å². The number of benzene rings is 2. The van der Waals surface area contributed by atoms with Gasteiger partial charge in [0.25, 0.3) is 0 Å². The molecule has 3 heterocycles. The van der Waals surface area contributed by atoms with Crippen molar-refractivity contribution >= 4 is 40.1 Å². The fourth-order valence-corrected chi connectivity index (χ4v) is 9.39. The molecule has 3 aliphatic rings. The molecule has 6 atom stereocenters. The second-order valence-corrected chi connectivity index (χ2v) is 15.2. The van der Waals surface area contributed by atoms with Crippen LogP contribution < -0.4 is 16.0 Å². The lowest BCUT2D eigenvalue weighted by molar-refractivity contribution is -0.128. The van der Waals surface area contributed by atoms with E-state index in [1.54, 1.807) is 34.6 Å². The Kier molecular flexibility index (Phi) is 10.6. The first-order valence-electron chi connectivity index (χ1n) is 15.6. The Morgan fingerprint density at radius 1 is 1.16 bits per heavy atom. The summed E-state index contributed by atoms with van der Waals surface area (Å²) in [5, 5.41) is 19.1. The van der Waals surface area contributed by atoms with Gasteiger partial charge in [0, 0.05) is 48.0 Å². The summed E-state index contributed by atoms with van der Waals surface area (Å²) in [7, 11) is -2.92. The first kappa shape index (κ1) is 33.9. The van der Waals surface area contributed by atoms with Crippen molar-refractivity contribution in [3.05, 3.63) is 64.4 Å². The van der Waals surface area contributed by atoms with Crippen molar-refractivity contribution in [2.45, 2.75) is 82.1 Å². The molecule has 248 valence electrons. The highest BCUT2D eigenvalue weighted by Crippen LogP contribution is 2.49. The van der Waals surface area contributed by atoms with Crippen LogP contribution in [0.5, 0.6) is 0 Å². The minimum absolute atomic E-state index is 0.164. The molecule has 0 spiro atoms. The third-order valence-corrected chi connectivity index (χ3v) is 11.9. The molecular formula is C32H44ClFN4O6S. The number of fused-ring (bicyclic) bond motifs is 2. The molecule has 2 aromatic rings. The van der Waals surface area contributed by atoms with Crippen LogP contribution in [0.15, 0.2) is 42.5 Å². The maximum atomic E-state index is 15.5. The first-order valence-corrected chi connectivity index (χ1v) is 17.7. The van der Waals surface area contributed by atoms with Crippen LogP contribution in [-0.4, -0.2) is 80.2 Å². The summed E-state index contributed by atoms with van der Waals surface area (Å²) in [5.41, 5.74) is -0.157. The number of anilines is 1. The summed E-state index contributed by atoms with van der Waals surface area (Å²) in [6.45, 7) is 4.74. The smallest absolute Gasteiger partial charge is 0.404 e. The van der Waals surface area contributed by atoms with Crippen molar-refractivity contribution in [3.8, 4) is 0 Å². The molecule has 5 unspecified atom stereocenters. The Morgan fingerprint density at radius 3 is 2.56 bits per heavy atom. The van der Waals surface area contributed by atoms with Gasteiger partial charge in [-0.2, -0.15) is 0 Å². The summed E-state index contributed by atoms with van der Waals surface area (Å²) in [6, 6.07) is 11.3. The fraction of sp³-hybridized carbons (Fsp3) is 0.562. The van der Waals surface area contributed by atoms with Crippen molar-refractivity contribution in [1.82, 2.24) is 14.9 Å². The van der Waals surface area contributed by atoms with E-state index in [4.69, 9.17) is 16.3 Å². The number of hydrogen-bond donors (Lipinski definition) is 6. The predicted molar refractivity (Wildman–Crippen MR) is 174 cm³/mol. The zero-order chi connectivity index (χ0) is 32.4. The van der Waals surface area contributed by atoms with Gasteiger partial charge >= 0.3 is 6.09 Å². The van der Waals surface area contributed by atoms with Crippen molar-refractivity contribution < 1.29 is 32.9 Å². The maximum Gasteiger partial charge on any atom is 0.404 e. The molecule has 0 saturated carbocycles. The normalized spacial score (nSPS) is 29.9. The summed E-state index contributed by atoms with van der Waals surface area (Å²) in [6.07, 6.45) is 1.72. The van der Waals surface area contributed by atoms with Crippen molar-refractivity contribution in [1.29, 1.82) is 0 Å². The molecule has 45 heavy (non-hydrogen) atoms. The van der Waals surface area contributed by atoms with Gasteiger partial charge in [-0.1, -0.05) is 29.8 Å². The van der Waals surface area contributed by atoms with Gasteiger partial charge in [-0.25, -0.2) is 13.5 Å². The molecule has 3 saturated heterocycles. The third kappa shape index (κ3) is 7.59. The van der Waals surface area contributed by atoms with Crippen LogP contribution in [0.1, 0.15) is 57.1 Å². The molecule has 13 heteroatoms. The minimum Gasteiger partial charge on any atom is -0.465 e. The molecule has 0 radical (unpaired) electrons. The Bertz CT molecular complexity index is 1360. The zero-order valence-electron chi connectivity index (χ0n) is 25.7. The Hall–Kier alpha value is -2.45. The van der Waals surface area contributed by atoms with Crippen molar-refractivity contribution in [3.63, 3.8) is 0 Å². The van der Waals surface area contributed by atoms with Gasteiger partial charge in [0.15, 0.2) is 0 Å². The lowest BCUT2D eigenvalue weighted by Crippen LogP contribution is -2.56. The zero-order valence-corrected chi connectivity index (χ0v) is 27.2. The average Bonchev–Trinajstić information content (AvgIpc) is 3.09. The number of halogens is 2. The van der Waals surface area contributed by atoms with Gasteiger partial charge < -0.3 is 25.8 Å². The average molecular weight is 667 g/mol. The molecule has 0 aromatic heterocycles. The van der Waals surface area contributed by atoms with E-state index in [-0.39, 0.29) is 43.2 Å². The molecule has 2 bridgehead atoms. The standard InChI is InChI=1S/C32H44ClFN4O6S/c1-20-15-23(16-21(2)44-20)32(19-36-31(40)41,22-8-10-24(33)11-9-22)30(39)37-29-7-3-6-28(34)27(29)13-12-26-17-35-25-5-4-14-45(42,43)38(26)18-25/h3,6-11,20-21,23,25-26,35-36,42-43H,4-5,12-19H2,1-2H3,(H,37,39)(H,40,41)/t20?,21?,23?,25?,26?,32-/m0/s1. The molecular weight excluding hydrogens is 623 g/mol. The summed E-state index contributed by atoms with van der Waals surface area (Å²) < 4.78 is 45.0. The molecule has 5 rings (SSSR count). The Morgan fingerprint density at radius 2 is 1.87 bits per heavy atom. The van der Waals surface area contributed by atoms with E-state index in [0.29, 0.717) is 59.9 Å². The number of carbonyl (C=O) groups is 2. The number of hydrogen-bond acceptors (Lipinski definition) is 7. The van der Waals surface area contributed by atoms with Crippen molar-refractivity contribution in [2.24, 2.45) is 5.92 Å². The Balaban J connectivity index is 1.47. The van der Waals surface area contributed by atoms with E-state index in [9.17, 15) is 23.8 Å². The lowest BCUT2D eigenvalue weighted by Gasteiger charge is -2.49. The number of ether oxygens (including phenoxy) is 1. The van der Waals surface area contributed by atoms with Gasteiger partial charge in [0.05, 0.1) is 23.4 Å². The van der Waals surface area contributed by atoms with Gasteiger partial charge in [0.2, 0.25) is 5.91 Å². The first-order chi connectivity index (χ1) is 21.4. The number of carboxylic acid groups (broad SMARTS) is 1. The van der Waals surface area contributed by atoms with Crippen LogP contribution in [0.2, 0.25) is 5.02 Å². The second-order valence-electron chi connectivity index (χ2n) is 12.7. The van der Waals surface area contributed by atoms with Gasteiger partial charge in [-0.3, -0.25) is 13.9 Å². The topological polar surface area (TPSA) is 143 Å². The van der Waals surface area contributed by atoms with E-state index in [0.717, 1.165) is 12.8 Å². The quantitative estimate of drug-likeness (QED) is 0.195. The predicted octanol–water partition coefficient (Wildman–Crippen LogP) is 5.86. The SMILES string of the molecule is CC1CC([C@@](CNC(=O)O)(C(=O)Nc2cccc(F)c2CCC2CNC3CCCS(O)(O)N2C3)c2ccc(Cl)cc2)CC(C)O1. The molecule has 0 aliphatic carbocycles. The number of rotatable bonds is 9. The van der Waals surface area contributed by atoms with Crippen molar-refractivity contribution in [2.75, 3.05) is 30.7 Å². The monoisotopic (exact) mass is 666 g/mol. The van der Waals surface area contributed by atoms with E-state index in [1.807, 2.05) is 13.8 Å². The van der Waals surface area contributed by atoms with Gasteiger partial charge in [-0.15, -0.1) is 10.8 Å². The van der Waals surface area contributed by atoms with Crippen LogP contribution >= 0.6 is 22.4 Å². The van der Waals surface area contributed by atoms with E-state index >= 15 is 4.39 Å². The van der Waals surface area contributed by atoms with Crippen LogP contribution in [0, 0.1) is 11.7 Å². The van der Waals surface area contributed by atoms with Gasteiger partial charge in [-0.05, 0) is 88.1 Å². The fourth-order valence-electron chi connectivity index (χ4n) is 7.40. The summed E-state index contributed by atoms with van der Waals surface area (Å²) >= 11 is 6.22. The maximum absolute atomic E-state index is 15.5. The molecule has 6 N–H and O–H groups in total. The molecule has 10 nitrogen and oxygen atoms in total. The lowest BCUT2D eigenvalue weighted by atomic mass is 9.64. The van der Waals surface area contributed by atoms with E-state index < -0.39 is 34.0 Å². The van der Waals surface area contributed by atoms with Crippen LogP contribution in [0.3, 0.4) is 0 Å². The van der Waals surface area contributed by atoms with Crippen LogP contribution in [0.25, 0.3) is 0 Å². The summed E-state index contributed by atoms with van der Waals surface area (Å²) in [5.74, 6) is -0.925. The highest BCUT2D eigenvalue weighted by molar-refractivity contribution is 8.22. The highest BCUT2D eigenvalue weighted by Gasteiger charge is 2.50. The third-order valence-electron chi connectivity index (χ3n) is 9.57. The van der Waals surface area contributed by atoms with E-state index in [1.165, 1.54) is 12.1 Å². The van der Waals surface area contributed by atoms with Crippen LogP contribution in [-0.2, 0) is 21.4 Å². The molecule has 3 fully saturated rings. The molecule has 3 aliphatic heterocycles. The largest absolute Gasteiger partial charge is 0.465 e. The molecule has 2 amide bonds. The number of carbonyl (C=O) groups excluding carboxylic acids is 1. The molecule has 2 aromatic carbocycles. The van der Waals surface area contributed by atoms with E-state index in [2.05, 4.69) is 16.0 Å². The summed E-state index contributed by atoms with van der Waals surface area (Å²) in [4.78, 5) is 26.5. The number of nitrogens with zero attached hydrogens (tertiary/aromatic N) is 1. The minimum atomic E-state index is -2.92. The number of amides is 2. The van der Waals surface area contributed by atoms with Gasteiger partial charge in [0.1, 0.15) is 5.82 Å². The highest BCUT2D eigenvalue weighted by atomic mass is 35.5. The number of piperazine rings is 1. The van der Waals surface area contributed by atoms with Crippen LogP contribution in [0.4, 0.5) is 14.9 Å². The second kappa shape index (κ2) is 14.1. The number of nitrogens with one attached hydrogen (secondary N) is 3.